The van der Waals surface area contributed by atoms with Crippen LogP contribution in [0.2, 0.25) is 0 Å². The highest BCUT2D eigenvalue weighted by molar-refractivity contribution is 5.87. The molecule has 3 atom stereocenters. The number of carbonyl (C=O) groups is 2. The number of ether oxygens (including phenoxy) is 1. The van der Waals surface area contributed by atoms with Crippen molar-refractivity contribution in [1.82, 2.24) is 20.6 Å². The second kappa shape index (κ2) is 13.4. The maximum Gasteiger partial charge on any atom is 0.408 e. The minimum absolute atomic E-state index is 0.0381. The molecule has 1 fully saturated rings. The van der Waals surface area contributed by atoms with E-state index in [4.69, 9.17) is 4.74 Å². The first-order chi connectivity index (χ1) is 20.6. The van der Waals surface area contributed by atoms with Crippen LogP contribution in [0.1, 0.15) is 61.5 Å². The summed E-state index contributed by atoms with van der Waals surface area (Å²) in [6, 6.07) is 9.56. The van der Waals surface area contributed by atoms with Gasteiger partial charge in [0.2, 0.25) is 11.8 Å². The minimum atomic E-state index is -3.75. The predicted octanol–water partition coefficient (Wildman–Crippen LogP) is 6.95. The molecule has 0 saturated heterocycles. The minimum Gasteiger partial charge on any atom is -0.445 e. The number of nitrogens with one attached hydrogen (secondary N) is 3. The van der Waals surface area contributed by atoms with Gasteiger partial charge in [0, 0.05) is 25.3 Å². The van der Waals surface area contributed by atoms with E-state index in [-0.39, 0.29) is 30.8 Å². The van der Waals surface area contributed by atoms with Crippen LogP contribution in [0.4, 0.5) is 39.9 Å². The van der Waals surface area contributed by atoms with Gasteiger partial charge in [-0.05, 0) is 30.4 Å². The first kappa shape index (κ1) is 33.0. The molecule has 3 aromatic rings. The normalized spacial score (nSPS) is 17.7. The molecule has 2 amide bonds. The lowest BCUT2D eigenvalue weighted by molar-refractivity contribution is -0.127. The van der Waals surface area contributed by atoms with Crippen molar-refractivity contribution in [3.8, 4) is 0 Å². The average molecular weight is 635 g/mol. The summed E-state index contributed by atoms with van der Waals surface area (Å²) in [5.41, 5.74) is -0.753. The van der Waals surface area contributed by atoms with Gasteiger partial charge in [0.15, 0.2) is 12.0 Å². The number of nitrogens with zero attached hydrogens (tertiary/aromatic N) is 1. The van der Waals surface area contributed by atoms with Crippen LogP contribution in [0.15, 0.2) is 42.5 Å². The first-order valence-electron chi connectivity index (χ1n) is 13.8. The maximum absolute atomic E-state index is 15.7. The summed E-state index contributed by atoms with van der Waals surface area (Å²) in [5, 5.41) is 4.25. The van der Waals surface area contributed by atoms with E-state index in [0.29, 0.717) is 12.5 Å². The Kier molecular flexibility index (Phi) is 10.0. The van der Waals surface area contributed by atoms with E-state index < -0.39 is 90.6 Å². The number of hydrogen-bond acceptors (Lipinski definition) is 4. The summed E-state index contributed by atoms with van der Waals surface area (Å²) in [6.07, 6.45) is -8.95. The highest BCUT2D eigenvalue weighted by atomic mass is 19.3. The maximum atomic E-state index is 15.7. The number of H-pyrrole nitrogens is 1. The molecule has 0 aliphatic heterocycles. The number of alkyl halides is 7. The molecule has 2 aromatic carbocycles. The third kappa shape index (κ3) is 8.17. The zero-order valence-electron chi connectivity index (χ0n) is 23.4. The fourth-order valence-corrected chi connectivity index (χ4v) is 5.12. The summed E-state index contributed by atoms with van der Waals surface area (Å²) in [6.45, 7) is -0.972. The zero-order valence-corrected chi connectivity index (χ0v) is 23.4. The fraction of sp³-hybridized carbons (Fsp3) is 0.483. The molecular formula is C29H30F8N4O3. The second-order valence-corrected chi connectivity index (χ2v) is 10.9. The lowest BCUT2D eigenvalue weighted by Crippen LogP contribution is -2.41. The predicted molar refractivity (Wildman–Crippen MR) is 143 cm³/mol. The van der Waals surface area contributed by atoms with Crippen LogP contribution < -0.4 is 10.6 Å². The van der Waals surface area contributed by atoms with Crippen molar-refractivity contribution in [2.24, 2.45) is 5.92 Å². The van der Waals surface area contributed by atoms with Gasteiger partial charge in [-0.2, -0.15) is 0 Å². The van der Waals surface area contributed by atoms with E-state index in [2.05, 4.69) is 15.3 Å². The van der Waals surface area contributed by atoms with Gasteiger partial charge >= 0.3 is 6.09 Å². The number of rotatable bonds is 11. The smallest absolute Gasteiger partial charge is 0.408 e. The molecule has 1 aromatic heterocycles. The quantitative estimate of drug-likeness (QED) is 0.199. The number of halogens is 8. The van der Waals surface area contributed by atoms with Gasteiger partial charge in [-0.3, -0.25) is 4.79 Å². The Bertz CT molecular complexity index is 1440. The third-order valence-electron chi connectivity index (χ3n) is 7.40. The van der Waals surface area contributed by atoms with Crippen LogP contribution in [-0.2, 0) is 16.1 Å². The lowest BCUT2D eigenvalue weighted by atomic mass is 9.82. The zero-order chi connectivity index (χ0) is 32.2. The van der Waals surface area contributed by atoms with Crippen molar-refractivity contribution < 1.29 is 49.4 Å². The third-order valence-corrected chi connectivity index (χ3v) is 7.40. The van der Waals surface area contributed by atoms with Crippen LogP contribution in [0.25, 0.3) is 11.0 Å². The molecule has 44 heavy (non-hydrogen) atoms. The van der Waals surface area contributed by atoms with E-state index in [9.17, 15) is 40.3 Å². The van der Waals surface area contributed by atoms with Crippen molar-refractivity contribution in [3.05, 3.63) is 65.2 Å². The van der Waals surface area contributed by atoms with E-state index in [1.807, 2.05) is 0 Å². The second-order valence-electron chi connectivity index (χ2n) is 10.9. The molecule has 1 saturated carbocycles. The van der Waals surface area contributed by atoms with E-state index in [1.165, 1.54) is 0 Å². The fourth-order valence-electron chi connectivity index (χ4n) is 5.12. The molecule has 4 rings (SSSR count). The van der Waals surface area contributed by atoms with Crippen LogP contribution >= 0.6 is 0 Å². The highest BCUT2D eigenvalue weighted by Crippen LogP contribution is 2.41. The molecular weight excluding hydrogens is 604 g/mol. The Morgan fingerprint density at radius 1 is 1.09 bits per heavy atom. The summed E-state index contributed by atoms with van der Waals surface area (Å²) >= 11 is 0. The van der Waals surface area contributed by atoms with Gasteiger partial charge in [0.1, 0.15) is 23.9 Å². The Morgan fingerprint density at radius 3 is 2.36 bits per heavy atom. The molecule has 1 aliphatic carbocycles. The standard InChI is InChI=1S/C29H30F8N4O3/c1-28(34,35)14-38-26(42)19(21(31)24(32)33)17-7-8-18-23(20(17)30)40-25(39-18)22(16-9-11-29(36,37)12-10-16)41-27(43)44-13-15-5-3-2-4-6-15/h2-8,16,19,21-22,24H,9-14H2,1H3,(H,38,42)(H,39,40)(H,41,43)/t19?,21?,22-/m0/s1. The summed E-state index contributed by atoms with van der Waals surface area (Å²) < 4.78 is 117. The molecule has 1 aliphatic rings. The van der Waals surface area contributed by atoms with E-state index >= 15 is 4.39 Å². The van der Waals surface area contributed by atoms with Crippen molar-refractivity contribution in [1.29, 1.82) is 0 Å². The number of hydrogen-bond donors (Lipinski definition) is 3. The van der Waals surface area contributed by atoms with Crippen LogP contribution in [0, 0.1) is 11.7 Å². The lowest BCUT2D eigenvalue weighted by Gasteiger charge is -2.33. The monoisotopic (exact) mass is 634 g/mol. The number of aromatic nitrogens is 2. The number of aromatic amines is 1. The van der Waals surface area contributed by atoms with Crippen LogP contribution in [0.3, 0.4) is 0 Å². The number of carbonyl (C=O) groups excluding carboxylic acids is 2. The molecule has 3 N–H and O–H groups in total. The number of amides is 2. The van der Waals surface area contributed by atoms with E-state index in [0.717, 1.165) is 12.1 Å². The van der Waals surface area contributed by atoms with Crippen LogP contribution in [0.5, 0.6) is 0 Å². The molecule has 2 unspecified atom stereocenters. The van der Waals surface area contributed by atoms with Crippen LogP contribution in [-0.4, -0.2) is 53.0 Å². The van der Waals surface area contributed by atoms with Gasteiger partial charge in [-0.1, -0.05) is 36.4 Å². The molecule has 0 radical (unpaired) electrons. The SMILES string of the molecule is CC(F)(F)CNC(=O)C(c1ccc2[nH]c([C@@H](NC(=O)OCc3ccccc3)C3CCC(F)(F)CC3)nc2c1F)C(F)C(F)F. The van der Waals surface area contributed by atoms with Gasteiger partial charge in [-0.15, -0.1) is 0 Å². The highest BCUT2D eigenvalue weighted by Gasteiger charge is 2.41. The summed E-state index contributed by atoms with van der Waals surface area (Å²) in [4.78, 5) is 32.2. The Morgan fingerprint density at radius 2 is 1.75 bits per heavy atom. The van der Waals surface area contributed by atoms with E-state index in [1.54, 1.807) is 35.6 Å². The average Bonchev–Trinajstić information content (AvgIpc) is 3.40. The number of alkyl carbamates (subject to hydrolysis) is 1. The summed E-state index contributed by atoms with van der Waals surface area (Å²) in [5.74, 6) is -12.5. The Labute approximate surface area is 246 Å². The molecule has 1 heterocycles. The van der Waals surface area contributed by atoms with Crippen molar-refractivity contribution in [3.63, 3.8) is 0 Å². The number of benzene rings is 2. The largest absolute Gasteiger partial charge is 0.445 e. The van der Waals surface area contributed by atoms with Crippen molar-refractivity contribution >= 4 is 23.0 Å². The number of imidazole rings is 1. The van der Waals surface area contributed by atoms with Gasteiger partial charge < -0.3 is 20.4 Å². The molecule has 15 heteroatoms. The van der Waals surface area contributed by atoms with Crippen molar-refractivity contribution in [2.45, 2.75) is 75.6 Å². The Hall–Kier alpha value is -3.91. The molecule has 240 valence electrons. The van der Waals surface area contributed by atoms with Gasteiger partial charge in [0.05, 0.1) is 18.1 Å². The van der Waals surface area contributed by atoms with Crippen molar-refractivity contribution in [2.75, 3.05) is 6.54 Å². The summed E-state index contributed by atoms with van der Waals surface area (Å²) in [7, 11) is 0. The molecule has 0 spiro atoms. The topological polar surface area (TPSA) is 96.1 Å². The molecule has 7 nitrogen and oxygen atoms in total. The first-order valence-corrected chi connectivity index (χ1v) is 13.8. The van der Waals surface area contributed by atoms with Gasteiger partial charge in [-0.25, -0.2) is 44.9 Å². The molecule has 0 bridgehead atoms. The Balaban J connectivity index is 1.65. The number of fused-ring (bicyclic) bond motifs is 1. The van der Waals surface area contributed by atoms with Gasteiger partial charge in [0.25, 0.3) is 12.3 Å².